The molecule has 1 rings (SSSR count). The number of unbranched alkanes of at least 4 members (excludes halogenated alkanes) is 1. The molecule has 0 amide bonds. The second-order valence-corrected chi connectivity index (χ2v) is 6.11. The minimum Gasteiger partial charge on any atom is -0.310 e. The summed E-state index contributed by atoms with van der Waals surface area (Å²) in [5.41, 5.74) is 1.27. The largest absolute Gasteiger partial charge is 0.310 e. The Morgan fingerprint density at radius 1 is 1.28 bits per heavy atom. The summed E-state index contributed by atoms with van der Waals surface area (Å²) in [6, 6.07) is 6.82. The molecule has 0 aliphatic carbocycles. The summed E-state index contributed by atoms with van der Waals surface area (Å²) in [7, 11) is 0. The normalized spacial score (nSPS) is 12.7. The van der Waals surface area contributed by atoms with Gasteiger partial charge in [0, 0.05) is 10.9 Å². The molecule has 1 N–H and O–H groups in total. The second-order valence-electron chi connectivity index (χ2n) is 4.57. The van der Waals surface area contributed by atoms with Gasteiger partial charge in [0.05, 0.1) is 5.02 Å². The van der Waals surface area contributed by atoms with Crippen molar-refractivity contribution in [3.05, 3.63) is 28.8 Å². The van der Waals surface area contributed by atoms with Crippen LogP contribution < -0.4 is 5.32 Å². The Morgan fingerprint density at radius 3 is 2.67 bits per heavy atom. The molecule has 0 saturated carbocycles. The van der Waals surface area contributed by atoms with Crippen LogP contribution in [0.15, 0.2) is 23.1 Å². The average molecular weight is 286 g/mol. The van der Waals surface area contributed by atoms with Gasteiger partial charge in [0.15, 0.2) is 0 Å². The zero-order valence-corrected chi connectivity index (χ0v) is 13.2. The summed E-state index contributed by atoms with van der Waals surface area (Å²) in [6.07, 6.45) is 3.64. The molecule has 0 fully saturated rings. The van der Waals surface area contributed by atoms with Crippen molar-refractivity contribution in [3.8, 4) is 0 Å². The molecule has 18 heavy (non-hydrogen) atoms. The van der Waals surface area contributed by atoms with Crippen molar-refractivity contribution in [1.29, 1.82) is 0 Å². The van der Waals surface area contributed by atoms with E-state index >= 15 is 0 Å². The molecule has 1 aromatic rings. The van der Waals surface area contributed by atoms with Crippen LogP contribution in [0.4, 0.5) is 0 Å². The fraction of sp³-hybridized carbons (Fsp3) is 0.600. The van der Waals surface area contributed by atoms with Crippen LogP contribution in [0.2, 0.25) is 5.02 Å². The van der Waals surface area contributed by atoms with E-state index in [4.69, 9.17) is 11.6 Å². The third-order valence-electron chi connectivity index (χ3n) is 2.91. The first-order valence-corrected chi connectivity index (χ1v) is 8.21. The molecule has 0 aliphatic heterocycles. The van der Waals surface area contributed by atoms with E-state index in [-0.39, 0.29) is 0 Å². The molecule has 1 unspecified atom stereocenters. The van der Waals surface area contributed by atoms with Crippen LogP contribution in [0.5, 0.6) is 0 Å². The quantitative estimate of drug-likeness (QED) is 0.514. The Balaban J connectivity index is 2.60. The van der Waals surface area contributed by atoms with Crippen molar-refractivity contribution in [2.24, 2.45) is 0 Å². The van der Waals surface area contributed by atoms with Crippen LogP contribution in [0.1, 0.15) is 51.6 Å². The van der Waals surface area contributed by atoms with Gasteiger partial charge in [-0.1, -0.05) is 37.9 Å². The van der Waals surface area contributed by atoms with Gasteiger partial charge < -0.3 is 5.32 Å². The predicted octanol–water partition coefficient (Wildman–Crippen LogP) is 5.29. The highest BCUT2D eigenvalue weighted by molar-refractivity contribution is 7.99. The Bertz CT molecular complexity index is 354. The molecule has 1 aromatic carbocycles. The summed E-state index contributed by atoms with van der Waals surface area (Å²) in [6.45, 7) is 7.63. The molecule has 0 saturated heterocycles. The Kier molecular flexibility index (Phi) is 7.80. The number of hydrogen-bond acceptors (Lipinski definition) is 2. The van der Waals surface area contributed by atoms with Gasteiger partial charge in [-0.2, -0.15) is 0 Å². The number of nitrogens with one attached hydrogen (secondary N) is 1. The summed E-state index contributed by atoms with van der Waals surface area (Å²) >= 11 is 8.20. The lowest BCUT2D eigenvalue weighted by atomic mass is 10.1. The number of benzene rings is 1. The molecule has 0 aliphatic rings. The minimum absolute atomic E-state index is 0.372. The summed E-state index contributed by atoms with van der Waals surface area (Å²) in [4.78, 5) is 1.21. The number of hydrogen-bond donors (Lipinski definition) is 1. The fourth-order valence-corrected chi connectivity index (χ4v) is 3.08. The molecular formula is C15H24ClNS. The molecule has 0 spiro atoms. The van der Waals surface area contributed by atoms with Crippen LogP contribution >= 0.6 is 23.4 Å². The highest BCUT2D eigenvalue weighted by atomic mass is 35.5. The minimum atomic E-state index is 0.372. The molecule has 0 aromatic heterocycles. The van der Waals surface area contributed by atoms with Crippen molar-refractivity contribution >= 4 is 23.4 Å². The first kappa shape index (κ1) is 15.9. The molecule has 0 heterocycles. The molecule has 0 radical (unpaired) electrons. The lowest BCUT2D eigenvalue weighted by Gasteiger charge is -2.15. The van der Waals surface area contributed by atoms with E-state index in [0.717, 1.165) is 23.7 Å². The van der Waals surface area contributed by atoms with E-state index in [9.17, 15) is 0 Å². The van der Waals surface area contributed by atoms with E-state index in [1.807, 2.05) is 11.8 Å². The van der Waals surface area contributed by atoms with Crippen LogP contribution in [-0.4, -0.2) is 12.3 Å². The second kappa shape index (κ2) is 8.84. The van der Waals surface area contributed by atoms with Gasteiger partial charge in [-0.15, -0.1) is 11.8 Å². The van der Waals surface area contributed by atoms with Crippen molar-refractivity contribution in [2.45, 2.75) is 51.0 Å². The highest BCUT2D eigenvalue weighted by Gasteiger charge is 2.07. The van der Waals surface area contributed by atoms with Gasteiger partial charge in [0.1, 0.15) is 0 Å². The van der Waals surface area contributed by atoms with Gasteiger partial charge in [0.25, 0.3) is 0 Å². The summed E-state index contributed by atoms with van der Waals surface area (Å²) in [5, 5.41) is 4.37. The lowest BCUT2D eigenvalue weighted by Crippen LogP contribution is -2.19. The van der Waals surface area contributed by atoms with E-state index < -0.39 is 0 Å². The highest BCUT2D eigenvalue weighted by Crippen LogP contribution is 2.30. The molecule has 0 bridgehead atoms. The maximum absolute atomic E-state index is 6.34. The zero-order valence-electron chi connectivity index (χ0n) is 11.6. The first-order valence-electron chi connectivity index (χ1n) is 6.84. The Labute approximate surface area is 121 Å². The summed E-state index contributed by atoms with van der Waals surface area (Å²) < 4.78 is 0. The molecule has 102 valence electrons. The van der Waals surface area contributed by atoms with Crippen LogP contribution in [0, 0.1) is 0 Å². The average Bonchev–Trinajstić information content (AvgIpc) is 2.38. The van der Waals surface area contributed by atoms with Crippen molar-refractivity contribution in [3.63, 3.8) is 0 Å². The van der Waals surface area contributed by atoms with Crippen LogP contribution in [0.3, 0.4) is 0 Å². The zero-order chi connectivity index (χ0) is 13.4. The SMILES string of the molecule is CCCCSc1ccc(C(C)NCCC)cc1Cl. The van der Waals surface area contributed by atoms with E-state index in [2.05, 4.69) is 44.3 Å². The van der Waals surface area contributed by atoms with E-state index in [1.165, 1.54) is 23.3 Å². The maximum Gasteiger partial charge on any atom is 0.0545 e. The summed E-state index contributed by atoms with van der Waals surface area (Å²) in [5.74, 6) is 1.15. The Hall–Kier alpha value is -0.180. The van der Waals surface area contributed by atoms with E-state index in [0.29, 0.717) is 6.04 Å². The van der Waals surface area contributed by atoms with Gasteiger partial charge in [-0.3, -0.25) is 0 Å². The molecule has 1 nitrogen and oxygen atoms in total. The topological polar surface area (TPSA) is 12.0 Å². The standard InChI is InChI=1S/C15H24ClNS/c1-4-6-10-18-15-8-7-13(11-14(15)16)12(3)17-9-5-2/h7-8,11-12,17H,4-6,9-10H2,1-3H3. The number of halogens is 1. The number of rotatable bonds is 8. The molecule has 1 atom stereocenters. The Morgan fingerprint density at radius 2 is 2.06 bits per heavy atom. The van der Waals surface area contributed by atoms with Crippen LogP contribution in [-0.2, 0) is 0 Å². The third-order valence-corrected chi connectivity index (χ3v) is 4.50. The monoisotopic (exact) mass is 285 g/mol. The third kappa shape index (κ3) is 5.21. The predicted molar refractivity (Wildman–Crippen MR) is 83.8 cm³/mol. The van der Waals surface area contributed by atoms with Gasteiger partial charge in [-0.05, 0) is 49.8 Å². The number of thioether (sulfide) groups is 1. The van der Waals surface area contributed by atoms with Crippen molar-refractivity contribution in [2.75, 3.05) is 12.3 Å². The van der Waals surface area contributed by atoms with Crippen molar-refractivity contribution in [1.82, 2.24) is 5.32 Å². The first-order chi connectivity index (χ1) is 8.69. The fourth-order valence-electron chi connectivity index (χ4n) is 1.71. The van der Waals surface area contributed by atoms with Gasteiger partial charge >= 0.3 is 0 Å². The maximum atomic E-state index is 6.34. The van der Waals surface area contributed by atoms with E-state index in [1.54, 1.807) is 0 Å². The smallest absolute Gasteiger partial charge is 0.0545 e. The molecule has 3 heteroatoms. The van der Waals surface area contributed by atoms with Gasteiger partial charge in [-0.25, -0.2) is 0 Å². The lowest BCUT2D eigenvalue weighted by molar-refractivity contribution is 0.570. The van der Waals surface area contributed by atoms with Gasteiger partial charge in [0.2, 0.25) is 0 Å². The van der Waals surface area contributed by atoms with Crippen LogP contribution in [0.25, 0.3) is 0 Å². The van der Waals surface area contributed by atoms with Crippen molar-refractivity contribution < 1.29 is 0 Å². The molecular weight excluding hydrogens is 262 g/mol.